The number of rotatable bonds is 1. The zero-order chi connectivity index (χ0) is 11.8. The molecule has 0 bridgehead atoms. The summed E-state index contributed by atoms with van der Waals surface area (Å²) in [6.07, 6.45) is 1.38. The van der Waals surface area contributed by atoms with E-state index in [1.165, 1.54) is 6.08 Å². The molecule has 0 radical (unpaired) electrons. The second-order valence-electron chi connectivity index (χ2n) is 4.46. The van der Waals surface area contributed by atoms with Gasteiger partial charge in [0, 0.05) is 16.2 Å². The Labute approximate surface area is 100 Å². The minimum absolute atomic E-state index is 0.0270. The van der Waals surface area contributed by atoms with Crippen molar-refractivity contribution in [3.05, 3.63) is 36.9 Å². The van der Waals surface area contributed by atoms with Crippen LogP contribution in [0.1, 0.15) is 13.8 Å². The van der Waals surface area contributed by atoms with Gasteiger partial charge in [-0.25, -0.2) is 0 Å². The molecule has 1 aliphatic rings. The smallest absolute Gasteiger partial charge is 0.250 e. The Morgan fingerprint density at radius 2 is 2.19 bits per heavy atom. The van der Waals surface area contributed by atoms with Crippen molar-refractivity contribution >= 4 is 23.4 Å². The number of nitrogens with zero attached hydrogens (tertiary/aromatic N) is 1. The quantitative estimate of drug-likeness (QED) is 0.695. The number of para-hydroxylation sites is 1. The lowest BCUT2D eigenvalue weighted by molar-refractivity contribution is -0.114. The summed E-state index contributed by atoms with van der Waals surface area (Å²) >= 11 is 1.82. The maximum atomic E-state index is 11.8. The Bertz CT molecular complexity index is 439. The van der Waals surface area contributed by atoms with Crippen LogP contribution in [-0.2, 0) is 4.79 Å². The molecule has 3 heteroatoms. The van der Waals surface area contributed by atoms with Crippen molar-refractivity contribution < 1.29 is 4.79 Å². The van der Waals surface area contributed by atoms with E-state index in [0.29, 0.717) is 0 Å². The van der Waals surface area contributed by atoms with Gasteiger partial charge in [-0.05, 0) is 32.1 Å². The predicted octanol–water partition coefficient (Wildman–Crippen LogP) is 3.09. The summed E-state index contributed by atoms with van der Waals surface area (Å²) in [5.41, 5.74) is 0.997. The summed E-state index contributed by atoms with van der Waals surface area (Å²) in [5, 5.41) is 0. The van der Waals surface area contributed by atoms with E-state index in [0.717, 1.165) is 17.1 Å². The highest BCUT2D eigenvalue weighted by Gasteiger charge is 2.32. The summed E-state index contributed by atoms with van der Waals surface area (Å²) in [6, 6.07) is 8.01. The van der Waals surface area contributed by atoms with Crippen molar-refractivity contribution in [2.45, 2.75) is 23.5 Å². The van der Waals surface area contributed by atoms with Crippen LogP contribution >= 0.6 is 11.8 Å². The summed E-state index contributed by atoms with van der Waals surface area (Å²) < 4.78 is 0.0486. The van der Waals surface area contributed by atoms with Gasteiger partial charge in [0.1, 0.15) is 0 Å². The molecule has 16 heavy (non-hydrogen) atoms. The van der Waals surface area contributed by atoms with Gasteiger partial charge in [-0.2, -0.15) is 0 Å². The molecule has 0 unspecified atom stereocenters. The van der Waals surface area contributed by atoms with E-state index in [9.17, 15) is 4.79 Å². The number of carbonyl (C=O) groups is 1. The molecule has 1 aliphatic heterocycles. The third kappa shape index (κ3) is 2.00. The van der Waals surface area contributed by atoms with Crippen LogP contribution in [0.4, 0.5) is 5.69 Å². The SMILES string of the molecule is C=CC(=O)N1CC(C)(C)Sc2ccccc21. The van der Waals surface area contributed by atoms with Gasteiger partial charge in [0.25, 0.3) is 0 Å². The first-order valence-electron chi connectivity index (χ1n) is 5.25. The molecule has 0 aliphatic carbocycles. The molecule has 2 nitrogen and oxygen atoms in total. The van der Waals surface area contributed by atoms with E-state index >= 15 is 0 Å². The fraction of sp³-hybridized carbons (Fsp3) is 0.308. The Morgan fingerprint density at radius 1 is 1.50 bits per heavy atom. The van der Waals surface area contributed by atoms with Crippen molar-refractivity contribution in [2.24, 2.45) is 0 Å². The molecule has 0 fully saturated rings. The van der Waals surface area contributed by atoms with E-state index in [1.807, 2.05) is 30.0 Å². The normalized spacial score (nSPS) is 17.8. The third-order valence-corrected chi connectivity index (χ3v) is 3.77. The standard InChI is InChI=1S/C13H15NOS/c1-4-12(15)14-9-13(2,3)16-11-8-6-5-7-10(11)14/h4-8H,1,9H2,2-3H3. The van der Waals surface area contributed by atoms with E-state index in [2.05, 4.69) is 26.5 Å². The molecule has 1 aromatic carbocycles. The predicted molar refractivity (Wildman–Crippen MR) is 68.9 cm³/mol. The molecule has 0 spiro atoms. The van der Waals surface area contributed by atoms with Crippen molar-refractivity contribution in [2.75, 3.05) is 11.4 Å². The van der Waals surface area contributed by atoms with Crippen molar-refractivity contribution in [1.82, 2.24) is 0 Å². The second kappa shape index (κ2) is 3.98. The topological polar surface area (TPSA) is 20.3 Å². The Hall–Kier alpha value is -1.22. The maximum Gasteiger partial charge on any atom is 0.250 e. The van der Waals surface area contributed by atoms with Crippen LogP contribution in [0.25, 0.3) is 0 Å². The molecule has 2 rings (SSSR count). The molecule has 0 saturated carbocycles. The fourth-order valence-corrected chi connectivity index (χ4v) is 3.09. The lowest BCUT2D eigenvalue weighted by Gasteiger charge is -2.38. The largest absolute Gasteiger partial charge is 0.306 e. The number of fused-ring (bicyclic) bond motifs is 1. The first-order chi connectivity index (χ1) is 7.53. The van der Waals surface area contributed by atoms with Gasteiger partial charge >= 0.3 is 0 Å². The monoisotopic (exact) mass is 233 g/mol. The zero-order valence-corrected chi connectivity index (χ0v) is 10.4. The molecule has 84 valence electrons. The average Bonchev–Trinajstić information content (AvgIpc) is 2.25. The number of carbonyl (C=O) groups excluding carboxylic acids is 1. The molecule has 1 heterocycles. The Morgan fingerprint density at radius 3 is 2.88 bits per heavy atom. The summed E-state index contributed by atoms with van der Waals surface area (Å²) in [5.74, 6) is -0.0270. The second-order valence-corrected chi connectivity index (χ2v) is 6.21. The molecule has 0 N–H and O–H groups in total. The fourth-order valence-electron chi connectivity index (χ4n) is 1.87. The van der Waals surface area contributed by atoms with Crippen LogP contribution in [-0.4, -0.2) is 17.2 Å². The first-order valence-corrected chi connectivity index (χ1v) is 6.07. The highest BCUT2D eigenvalue weighted by atomic mass is 32.2. The van der Waals surface area contributed by atoms with Crippen molar-refractivity contribution in [3.8, 4) is 0 Å². The van der Waals surface area contributed by atoms with Gasteiger partial charge < -0.3 is 4.90 Å². The summed E-state index contributed by atoms with van der Waals surface area (Å²) in [4.78, 5) is 14.8. The van der Waals surface area contributed by atoms with Crippen molar-refractivity contribution in [3.63, 3.8) is 0 Å². The van der Waals surface area contributed by atoms with Crippen LogP contribution in [0.3, 0.4) is 0 Å². The third-order valence-electron chi connectivity index (χ3n) is 2.52. The minimum Gasteiger partial charge on any atom is -0.306 e. The number of hydrogen-bond donors (Lipinski definition) is 0. The molecular formula is C13H15NOS. The first kappa shape index (κ1) is 11.3. The molecule has 0 atom stereocenters. The van der Waals surface area contributed by atoms with E-state index < -0.39 is 0 Å². The maximum absolute atomic E-state index is 11.8. The van der Waals surface area contributed by atoms with Crippen molar-refractivity contribution in [1.29, 1.82) is 0 Å². The number of thioether (sulfide) groups is 1. The van der Waals surface area contributed by atoms with Crippen LogP contribution in [0.15, 0.2) is 41.8 Å². The van der Waals surface area contributed by atoms with E-state index in [1.54, 1.807) is 4.90 Å². The Balaban J connectivity index is 2.47. The zero-order valence-electron chi connectivity index (χ0n) is 9.56. The number of hydrogen-bond acceptors (Lipinski definition) is 2. The Kier molecular flexibility index (Phi) is 2.80. The van der Waals surface area contributed by atoms with E-state index in [4.69, 9.17) is 0 Å². The van der Waals surface area contributed by atoms with Gasteiger partial charge in [-0.3, -0.25) is 4.79 Å². The van der Waals surface area contributed by atoms with Gasteiger partial charge in [0.2, 0.25) is 5.91 Å². The molecule has 0 saturated heterocycles. The molecule has 1 amide bonds. The van der Waals surface area contributed by atoms with Gasteiger partial charge in [0.15, 0.2) is 0 Å². The van der Waals surface area contributed by atoms with Crippen LogP contribution in [0, 0.1) is 0 Å². The lowest BCUT2D eigenvalue weighted by Crippen LogP contribution is -2.43. The van der Waals surface area contributed by atoms with Crippen LogP contribution in [0.5, 0.6) is 0 Å². The average molecular weight is 233 g/mol. The number of amides is 1. The van der Waals surface area contributed by atoms with Gasteiger partial charge in [-0.1, -0.05) is 18.7 Å². The highest BCUT2D eigenvalue weighted by Crippen LogP contribution is 2.43. The van der Waals surface area contributed by atoms with E-state index in [-0.39, 0.29) is 10.7 Å². The molecular weight excluding hydrogens is 218 g/mol. The van der Waals surface area contributed by atoms with Crippen LogP contribution in [0.2, 0.25) is 0 Å². The highest BCUT2D eigenvalue weighted by molar-refractivity contribution is 8.00. The number of anilines is 1. The van der Waals surface area contributed by atoms with Gasteiger partial charge in [0.05, 0.1) is 5.69 Å². The van der Waals surface area contributed by atoms with Crippen LogP contribution < -0.4 is 4.90 Å². The lowest BCUT2D eigenvalue weighted by atomic mass is 10.1. The van der Waals surface area contributed by atoms with Gasteiger partial charge in [-0.15, -0.1) is 11.8 Å². The molecule has 1 aromatic rings. The minimum atomic E-state index is -0.0270. The summed E-state index contributed by atoms with van der Waals surface area (Å²) in [6.45, 7) is 8.58. The molecule has 0 aromatic heterocycles. The summed E-state index contributed by atoms with van der Waals surface area (Å²) in [7, 11) is 0. The number of benzene rings is 1.